The number of aryl methyl sites for hydroxylation is 1. The maximum absolute atomic E-state index is 12.6. The molecule has 7 nitrogen and oxygen atoms in total. The van der Waals surface area contributed by atoms with E-state index >= 15 is 0 Å². The van der Waals surface area contributed by atoms with Crippen molar-refractivity contribution in [1.29, 1.82) is 0 Å². The summed E-state index contributed by atoms with van der Waals surface area (Å²) in [5.74, 6) is 1.76. The quantitative estimate of drug-likeness (QED) is 0.749. The number of amides is 1. The molecule has 1 aromatic carbocycles. The van der Waals surface area contributed by atoms with Gasteiger partial charge in [0.1, 0.15) is 5.82 Å². The number of nitrogens with one attached hydrogen (secondary N) is 1. The first kappa shape index (κ1) is 17.5. The average molecular weight is 364 g/mol. The second kappa shape index (κ2) is 7.73. The van der Waals surface area contributed by atoms with Crippen molar-refractivity contribution >= 4 is 17.4 Å². The first-order valence-corrected chi connectivity index (χ1v) is 9.46. The molecule has 1 aliphatic rings. The van der Waals surface area contributed by atoms with Crippen molar-refractivity contribution < 1.29 is 4.79 Å². The van der Waals surface area contributed by atoms with Crippen LogP contribution in [0.15, 0.2) is 42.5 Å². The van der Waals surface area contributed by atoms with E-state index in [1.54, 1.807) is 4.52 Å². The average Bonchev–Trinajstić information content (AvgIpc) is 3.09. The van der Waals surface area contributed by atoms with Crippen LogP contribution in [0.4, 0.5) is 5.82 Å². The van der Waals surface area contributed by atoms with Gasteiger partial charge < -0.3 is 10.2 Å². The molecule has 0 radical (unpaired) electrons. The summed E-state index contributed by atoms with van der Waals surface area (Å²) in [4.78, 5) is 14.8. The van der Waals surface area contributed by atoms with Crippen LogP contribution in [0.25, 0.3) is 5.65 Å². The number of rotatable bonds is 5. The molecule has 1 amide bonds. The van der Waals surface area contributed by atoms with Crippen molar-refractivity contribution in [2.24, 2.45) is 5.92 Å². The van der Waals surface area contributed by atoms with E-state index in [9.17, 15) is 4.79 Å². The topological polar surface area (TPSA) is 75.4 Å². The molecule has 1 N–H and O–H groups in total. The fourth-order valence-corrected chi connectivity index (χ4v) is 3.57. The van der Waals surface area contributed by atoms with Crippen LogP contribution in [0.2, 0.25) is 0 Å². The van der Waals surface area contributed by atoms with Crippen molar-refractivity contribution in [2.75, 3.05) is 24.5 Å². The molecular formula is C20H24N6O. The first-order chi connectivity index (χ1) is 13.2. The van der Waals surface area contributed by atoms with Crippen LogP contribution in [0.5, 0.6) is 0 Å². The molecule has 0 bridgehead atoms. The highest BCUT2D eigenvalue weighted by Gasteiger charge is 2.26. The summed E-state index contributed by atoms with van der Waals surface area (Å²) < 4.78 is 1.75. The molecule has 0 unspecified atom stereocenters. The zero-order valence-corrected chi connectivity index (χ0v) is 15.5. The molecule has 1 saturated heterocycles. The Labute approximate surface area is 158 Å². The molecule has 3 heterocycles. The van der Waals surface area contributed by atoms with Crippen molar-refractivity contribution in [1.82, 2.24) is 25.1 Å². The molecular weight excluding hydrogens is 340 g/mol. The molecule has 4 rings (SSSR count). The fraction of sp³-hybridized carbons (Fsp3) is 0.400. The number of hydrogen-bond donors (Lipinski definition) is 1. The fourth-order valence-electron chi connectivity index (χ4n) is 3.57. The van der Waals surface area contributed by atoms with Gasteiger partial charge in [0, 0.05) is 19.6 Å². The Kier molecular flexibility index (Phi) is 5.00. The van der Waals surface area contributed by atoms with Gasteiger partial charge in [-0.15, -0.1) is 15.3 Å². The standard InChI is InChI=1S/C20H24N6O/c1-15-22-23-18-9-10-19(24-26(15)18)25-13-5-8-17(14-25)20(27)21-12-11-16-6-3-2-4-7-16/h2-4,6-7,9-10,17H,5,8,11-14H2,1H3,(H,21,27)/t17-/m0/s1. The smallest absolute Gasteiger partial charge is 0.224 e. The Morgan fingerprint density at radius 2 is 2.04 bits per heavy atom. The second-order valence-electron chi connectivity index (χ2n) is 7.02. The monoisotopic (exact) mass is 364 g/mol. The SMILES string of the molecule is Cc1nnc2ccc(N3CCC[C@H](C(=O)NCCc4ccccc4)C3)nn12. The number of aromatic nitrogens is 4. The summed E-state index contributed by atoms with van der Waals surface area (Å²) in [6.45, 7) is 4.16. The molecule has 1 atom stereocenters. The zero-order valence-electron chi connectivity index (χ0n) is 15.5. The van der Waals surface area contributed by atoms with Gasteiger partial charge in [-0.2, -0.15) is 4.52 Å². The molecule has 0 saturated carbocycles. The Morgan fingerprint density at radius 3 is 2.89 bits per heavy atom. The van der Waals surface area contributed by atoms with Crippen LogP contribution in [0, 0.1) is 12.8 Å². The molecule has 0 spiro atoms. The third-order valence-electron chi connectivity index (χ3n) is 5.08. The van der Waals surface area contributed by atoms with Gasteiger partial charge in [-0.05, 0) is 43.9 Å². The van der Waals surface area contributed by atoms with Crippen LogP contribution in [0.1, 0.15) is 24.2 Å². The number of carbonyl (C=O) groups excluding carboxylic acids is 1. The van der Waals surface area contributed by atoms with E-state index in [1.165, 1.54) is 5.56 Å². The Balaban J connectivity index is 1.36. The summed E-state index contributed by atoms with van der Waals surface area (Å²) in [5, 5.41) is 15.9. The van der Waals surface area contributed by atoms with Gasteiger partial charge in [0.05, 0.1) is 5.92 Å². The van der Waals surface area contributed by atoms with E-state index in [0.29, 0.717) is 13.1 Å². The molecule has 140 valence electrons. The maximum Gasteiger partial charge on any atom is 0.224 e. The van der Waals surface area contributed by atoms with Gasteiger partial charge in [0.2, 0.25) is 5.91 Å². The molecule has 0 aliphatic carbocycles. The predicted molar refractivity (Wildman–Crippen MR) is 104 cm³/mol. The van der Waals surface area contributed by atoms with Gasteiger partial charge in [0.25, 0.3) is 0 Å². The van der Waals surface area contributed by atoms with Crippen LogP contribution in [-0.4, -0.2) is 45.4 Å². The maximum atomic E-state index is 12.6. The highest BCUT2D eigenvalue weighted by atomic mass is 16.1. The third kappa shape index (κ3) is 3.92. The van der Waals surface area contributed by atoms with Crippen LogP contribution in [0.3, 0.4) is 0 Å². The van der Waals surface area contributed by atoms with Gasteiger partial charge in [0.15, 0.2) is 11.5 Å². The van der Waals surface area contributed by atoms with Crippen molar-refractivity contribution in [3.05, 3.63) is 53.9 Å². The van der Waals surface area contributed by atoms with Crippen molar-refractivity contribution in [3.8, 4) is 0 Å². The van der Waals surface area contributed by atoms with E-state index in [1.807, 2.05) is 37.3 Å². The minimum Gasteiger partial charge on any atom is -0.355 e. The number of benzene rings is 1. The van der Waals surface area contributed by atoms with E-state index in [-0.39, 0.29) is 11.8 Å². The largest absolute Gasteiger partial charge is 0.355 e. The predicted octanol–water partition coefficient (Wildman–Crippen LogP) is 2.01. The van der Waals surface area contributed by atoms with Gasteiger partial charge in [-0.1, -0.05) is 30.3 Å². The number of piperidine rings is 1. The Hall–Kier alpha value is -2.96. The van der Waals surface area contributed by atoms with Crippen molar-refractivity contribution in [2.45, 2.75) is 26.2 Å². The van der Waals surface area contributed by atoms with Gasteiger partial charge >= 0.3 is 0 Å². The highest BCUT2D eigenvalue weighted by molar-refractivity contribution is 5.79. The van der Waals surface area contributed by atoms with Gasteiger partial charge in [-0.25, -0.2) is 0 Å². The van der Waals surface area contributed by atoms with Crippen LogP contribution < -0.4 is 10.2 Å². The van der Waals surface area contributed by atoms with E-state index in [0.717, 1.165) is 43.1 Å². The molecule has 1 fully saturated rings. The summed E-state index contributed by atoms with van der Waals surface area (Å²) in [7, 11) is 0. The first-order valence-electron chi connectivity index (χ1n) is 9.46. The van der Waals surface area contributed by atoms with E-state index in [4.69, 9.17) is 0 Å². The lowest BCUT2D eigenvalue weighted by Gasteiger charge is -2.32. The normalized spacial score (nSPS) is 17.2. The Bertz CT molecular complexity index is 923. The van der Waals surface area contributed by atoms with Crippen LogP contribution in [-0.2, 0) is 11.2 Å². The molecule has 3 aromatic rings. The summed E-state index contributed by atoms with van der Waals surface area (Å²) in [6.07, 6.45) is 2.76. The van der Waals surface area contributed by atoms with Gasteiger partial charge in [-0.3, -0.25) is 4.79 Å². The second-order valence-corrected chi connectivity index (χ2v) is 7.02. The lowest BCUT2D eigenvalue weighted by Crippen LogP contribution is -2.44. The number of carbonyl (C=O) groups is 1. The molecule has 1 aliphatic heterocycles. The molecule has 7 heteroatoms. The minimum absolute atomic E-state index is 0.00553. The minimum atomic E-state index is -0.00553. The summed E-state index contributed by atoms with van der Waals surface area (Å²) in [6, 6.07) is 14.1. The molecule has 27 heavy (non-hydrogen) atoms. The molecule has 2 aromatic heterocycles. The van der Waals surface area contributed by atoms with E-state index < -0.39 is 0 Å². The number of hydrogen-bond acceptors (Lipinski definition) is 5. The number of nitrogens with zero attached hydrogens (tertiary/aromatic N) is 5. The highest BCUT2D eigenvalue weighted by Crippen LogP contribution is 2.22. The summed E-state index contributed by atoms with van der Waals surface area (Å²) >= 11 is 0. The van der Waals surface area contributed by atoms with E-state index in [2.05, 4.69) is 37.6 Å². The van der Waals surface area contributed by atoms with Crippen LogP contribution >= 0.6 is 0 Å². The third-order valence-corrected chi connectivity index (χ3v) is 5.08. The summed E-state index contributed by atoms with van der Waals surface area (Å²) in [5.41, 5.74) is 1.98. The lowest BCUT2D eigenvalue weighted by molar-refractivity contribution is -0.125. The number of fused-ring (bicyclic) bond motifs is 1. The lowest BCUT2D eigenvalue weighted by atomic mass is 9.97. The zero-order chi connectivity index (χ0) is 18.6. The Morgan fingerprint density at radius 1 is 1.19 bits per heavy atom. The number of anilines is 1. The van der Waals surface area contributed by atoms with Crippen molar-refractivity contribution in [3.63, 3.8) is 0 Å².